The van der Waals surface area contributed by atoms with Gasteiger partial charge in [0.1, 0.15) is 0 Å². The highest BCUT2D eigenvalue weighted by atomic mass is 16.1. The molecule has 0 radical (unpaired) electrons. The number of anilines is 1. The topological polar surface area (TPSA) is 42.0 Å². The summed E-state index contributed by atoms with van der Waals surface area (Å²) in [5.41, 5.74) is 6.10. The number of aromatic nitrogens is 1. The van der Waals surface area contributed by atoms with E-state index in [0.29, 0.717) is 5.56 Å². The van der Waals surface area contributed by atoms with Crippen molar-refractivity contribution in [3.63, 3.8) is 0 Å². The van der Waals surface area contributed by atoms with E-state index in [2.05, 4.69) is 36.3 Å². The van der Waals surface area contributed by atoms with Gasteiger partial charge in [-0.2, -0.15) is 0 Å². The van der Waals surface area contributed by atoms with Crippen molar-refractivity contribution in [2.45, 2.75) is 13.8 Å². The number of nitrogens with zero attached hydrogens (tertiary/aromatic N) is 1. The number of carbonyl (C=O) groups is 1. The maximum atomic E-state index is 12.3. The van der Waals surface area contributed by atoms with E-state index < -0.39 is 0 Å². The second-order valence-corrected chi connectivity index (χ2v) is 5.53. The number of rotatable bonds is 3. The van der Waals surface area contributed by atoms with E-state index in [0.717, 1.165) is 11.3 Å². The highest BCUT2D eigenvalue weighted by Crippen LogP contribution is 2.29. The van der Waals surface area contributed by atoms with Crippen molar-refractivity contribution in [2.75, 3.05) is 5.32 Å². The van der Waals surface area contributed by atoms with E-state index in [1.165, 1.54) is 16.7 Å². The van der Waals surface area contributed by atoms with Crippen molar-refractivity contribution < 1.29 is 4.79 Å². The molecule has 1 aromatic heterocycles. The lowest BCUT2D eigenvalue weighted by Gasteiger charge is -2.12. The van der Waals surface area contributed by atoms with Crippen LogP contribution in [0.5, 0.6) is 0 Å². The second-order valence-electron chi connectivity index (χ2n) is 5.53. The van der Waals surface area contributed by atoms with Crippen molar-refractivity contribution in [3.8, 4) is 11.1 Å². The normalized spacial score (nSPS) is 10.3. The lowest BCUT2D eigenvalue weighted by molar-refractivity contribution is 0.102. The van der Waals surface area contributed by atoms with Gasteiger partial charge in [-0.1, -0.05) is 30.3 Å². The van der Waals surface area contributed by atoms with Crippen LogP contribution in [0, 0.1) is 13.8 Å². The maximum Gasteiger partial charge on any atom is 0.255 e. The molecule has 0 aliphatic heterocycles. The van der Waals surface area contributed by atoms with Crippen LogP contribution >= 0.6 is 0 Å². The smallest absolute Gasteiger partial charge is 0.255 e. The molecule has 3 heteroatoms. The van der Waals surface area contributed by atoms with Crippen LogP contribution in [-0.4, -0.2) is 10.9 Å². The van der Waals surface area contributed by atoms with Crippen LogP contribution < -0.4 is 5.32 Å². The summed E-state index contributed by atoms with van der Waals surface area (Å²) in [6.07, 6.45) is 3.23. The quantitative estimate of drug-likeness (QED) is 0.767. The lowest BCUT2D eigenvalue weighted by Crippen LogP contribution is -2.11. The number of pyridine rings is 1. The molecule has 0 unspecified atom stereocenters. The third kappa shape index (κ3) is 3.29. The first-order valence-corrected chi connectivity index (χ1v) is 7.53. The molecular formula is C20H18N2O. The van der Waals surface area contributed by atoms with Gasteiger partial charge in [0.2, 0.25) is 0 Å². The summed E-state index contributed by atoms with van der Waals surface area (Å²) in [4.78, 5) is 16.2. The van der Waals surface area contributed by atoms with E-state index >= 15 is 0 Å². The second kappa shape index (κ2) is 6.44. The molecule has 3 nitrogen and oxygen atoms in total. The fourth-order valence-corrected chi connectivity index (χ4v) is 2.57. The van der Waals surface area contributed by atoms with Gasteiger partial charge in [0, 0.05) is 23.6 Å². The Labute approximate surface area is 136 Å². The molecule has 23 heavy (non-hydrogen) atoms. The Morgan fingerprint density at radius 2 is 1.57 bits per heavy atom. The Morgan fingerprint density at radius 3 is 2.30 bits per heavy atom. The maximum absolute atomic E-state index is 12.3. The molecule has 1 amide bonds. The van der Waals surface area contributed by atoms with Crippen LogP contribution in [0.3, 0.4) is 0 Å². The molecule has 0 aliphatic carbocycles. The molecule has 1 heterocycles. The van der Waals surface area contributed by atoms with Crippen LogP contribution in [-0.2, 0) is 0 Å². The van der Waals surface area contributed by atoms with Gasteiger partial charge in [-0.15, -0.1) is 0 Å². The van der Waals surface area contributed by atoms with Crippen molar-refractivity contribution in [3.05, 3.63) is 83.7 Å². The van der Waals surface area contributed by atoms with E-state index in [-0.39, 0.29) is 5.91 Å². The van der Waals surface area contributed by atoms with Gasteiger partial charge in [0.15, 0.2) is 0 Å². The van der Waals surface area contributed by atoms with Crippen LogP contribution in [0.4, 0.5) is 5.69 Å². The number of hydrogen-bond donors (Lipinski definition) is 1. The van der Waals surface area contributed by atoms with Gasteiger partial charge in [0.25, 0.3) is 5.91 Å². The van der Waals surface area contributed by atoms with Crippen molar-refractivity contribution in [2.24, 2.45) is 0 Å². The number of nitrogens with one attached hydrogen (secondary N) is 1. The van der Waals surface area contributed by atoms with Crippen LogP contribution in [0.1, 0.15) is 21.5 Å². The summed E-state index contributed by atoms with van der Waals surface area (Å²) in [6.45, 7) is 4.17. The van der Waals surface area contributed by atoms with Gasteiger partial charge in [-0.3, -0.25) is 9.78 Å². The van der Waals surface area contributed by atoms with E-state index in [9.17, 15) is 4.79 Å². The Balaban J connectivity index is 1.92. The first-order chi connectivity index (χ1) is 11.1. The monoisotopic (exact) mass is 302 g/mol. The van der Waals surface area contributed by atoms with Gasteiger partial charge < -0.3 is 5.32 Å². The molecule has 3 aromatic rings. The number of hydrogen-bond acceptors (Lipinski definition) is 2. The van der Waals surface area contributed by atoms with Gasteiger partial charge in [0.05, 0.1) is 0 Å². The summed E-state index contributed by atoms with van der Waals surface area (Å²) in [5, 5.41) is 2.95. The van der Waals surface area contributed by atoms with E-state index in [1.54, 1.807) is 24.5 Å². The standard InChI is InChI=1S/C20H18N2O/c1-14-5-3-4-6-18(14)19-13-17(8-7-15(19)2)22-20(23)16-9-11-21-12-10-16/h3-13H,1-2H3,(H,22,23). The molecule has 3 rings (SSSR count). The predicted octanol–water partition coefficient (Wildman–Crippen LogP) is 4.62. The summed E-state index contributed by atoms with van der Waals surface area (Å²) in [5.74, 6) is -0.132. The zero-order valence-corrected chi connectivity index (χ0v) is 13.2. The summed E-state index contributed by atoms with van der Waals surface area (Å²) in [6, 6.07) is 17.6. The molecule has 2 aromatic carbocycles. The van der Waals surface area contributed by atoms with Gasteiger partial charge in [-0.05, 0) is 60.4 Å². The Kier molecular flexibility index (Phi) is 4.20. The van der Waals surface area contributed by atoms with Crippen molar-refractivity contribution in [1.82, 2.24) is 4.98 Å². The van der Waals surface area contributed by atoms with E-state index in [1.807, 2.05) is 30.3 Å². The molecule has 0 saturated heterocycles. The molecule has 1 N–H and O–H groups in total. The fourth-order valence-electron chi connectivity index (χ4n) is 2.57. The van der Waals surface area contributed by atoms with Crippen molar-refractivity contribution in [1.29, 1.82) is 0 Å². The Hall–Kier alpha value is -2.94. The number of carbonyl (C=O) groups excluding carboxylic acids is 1. The Bertz CT molecular complexity index is 841. The highest BCUT2D eigenvalue weighted by Gasteiger charge is 2.09. The predicted molar refractivity (Wildman–Crippen MR) is 93.5 cm³/mol. The van der Waals surface area contributed by atoms with E-state index in [4.69, 9.17) is 0 Å². The molecule has 0 atom stereocenters. The van der Waals surface area contributed by atoms with Crippen LogP contribution in [0.2, 0.25) is 0 Å². The molecule has 0 spiro atoms. The first-order valence-electron chi connectivity index (χ1n) is 7.53. The third-order valence-corrected chi connectivity index (χ3v) is 3.87. The minimum atomic E-state index is -0.132. The molecule has 114 valence electrons. The zero-order chi connectivity index (χ0) is 16.2. The summed E-state index contributed by atoms with van der Waals surface area (Å²) in [7, 11) is 0. The van der Waals surface area contributed by atoms with Gasteiger partial charge in [-0.25, -0.2) is 0 Å². The lowest BCUT2D eigenvalue weighted by atomic mass is 9.96. The Morgan fingerprint density at radius 1 is 0.870 bits per heavy atom. The molecule has 0 fully saturated rings. The summed E-state index contributed by atoms with van der Waals surface area (Å²) >= 11 is 0. The molecule has 0 bridgehead atoms. The first kappa shape index (κ1) is 15.0. The average molecular weight is 302 g/mol. The number of aryl methyl sites for hydroxylation is 2. The van der Waals surface area contributed by atoms with Crippen LogP contribution in [0.15, 0.2) is 67.0 Å². The minimum absolute atomic E-state index is 0.132. The third-order valence-electron chi connectivity index (χ3n) is 3.87. The van der Waals surface area contributed by atoms with Crippen LogP contribution in [0.25, 0.3) is 11.1 Å². The van der Waals surface area contributed by atoms with Gasteiger partial charge >= 0.3 is 0 Å². The molecular weight excluding hydrogens is 284 g/mol. The average Bonchev–Trinajstić information content (AvgIpc) is 2.58. The number of amides is 1. The highest BCUT2D eigenvalue weighted by molar-refractivity contribution is 6.04. The van der Waals surface area contributed by atoms with Crippen molar-refractivity contribution >= 4 is 11.6 Å². The molecule has 0 aliphatic rings. The zero-order valence-electron chi connectivity index (χ0n) is 13.2. The summed E-state index contributed by atoms with van der Waals surface area (Å²) < 4.78 is 0. The SMILES string of the molecule is Cc1ccccc1-c1cc(NC(=O)c2ccncc2)ccc1C. The fraction of sp³-hybridized carbons (Fsp3) is 0.100. The number of benzene rings is 2. The minimum Gasteiger partial charge on any atom is -0.322 e. The largest absolute Gasteiger partial charge is 0.322 e. The molecule has 0 saturated carbocycles.